The van der Waals surface area contributed by atoms with Crippen LogP contribution in [0.5, 0.6) is 0 Å². The number of carbonyl (C=O) groups excluding carboxylic acids is 2. The second-order valence-electron chi connectivity index (χ2n) is 5.07. The first-order valence-corrected chi connectivity index (χ1v) is 7.11. The number of hydrogen-bond donors (Lipinski definition) is 3. The van der Waals surface area contributed by atoms with E-state index in [1.165, 1.54) is 25.8 Å². The van der Waals surface area contributed by atoms with Gasteiger partial charge in [0.25, 0.3) is 0 Å². The third-order valence-electron chi connectivity index (χ3n) is 3.52. The smallest absolute Gasteiger partial charge is 0.239 e. The van der Waals surface area contributed by atoms with Gasteiger partial charge in [0.15, 0.2) is 0 Å². The Morgan fingerprint density at radius 3 is 2.74 bits per heavy atom. The maximum absolute atomic E-state index is 11.4. The summed E-state index contributed by atoms with van der Waals surface area (Å²) < 4.78 is 0. The summed E-state index contributed by atoms with van der Waals surface area (Å²) in [5, 5.41) is 5.24. The van der Waals surface area contributed by atoms with Crippen LogP contribution in [0.1, 0.15) is 32.6 Å². The van der Waals surface area contributed by atoms with E-state index < -0.39 is 0 Å². The van der Waals surface area contributed by atoms with E-state index in [9.17, 15) is 9.59 Å². The van der Waals surface area contributed by atoms with Gasteiger partial charge in [0, 0.05) is 19.1 Å². The molecule has 1 rings (SSSR count). The first-order valence-electron chi connectivity index (χ1n) is 7.11. The second kappa shape index (κ2) is 8.87. The molecule has 0 saturated carbocycles. The average molecular weight is 270 g/mol. The molecule has 6 heteroatoms. The van der Waals surface area contributed by atoms with E-state index in [4.69, 9.17) is 5.73 Å². The van der Waals surface area contributed by atoms with Crippen LogP contribution in [-0.2, 0) is 9.59 Å². The number of nitrogens with zero attached hydrogens (tertiary/aromatic N) is 1. The minimum absolute atomic E-state index is 0.0101. The molecule has 0 aliphatic carbocycles. The Balaban J connectivity index is 2.03. The minimum Gasteiger partial charge on any atom is -0.355 e. The summed E-state index contributed by atoms with van der Waals surface area (Å²) in [7, 11) is 0. The molecular formula is C13H26N4O2. The monoisotopic (exact) mass is 270 g/mol. The van der Waals surface area contributed by atoms with Crippen LogP contribution in [-0.4, -0.2) is 55.5 Å². The molecule has 2 amide bonds. The number of rotatable bonds is 7. The highest BCUT2D eigenvalue weighted by molar-refractivity contribution is 5.85. The molecule has 4 N–H and O–H groups in total. The van der Waals surface area contributed by atoms with Crippen molar-refractivity contribution in [1.29, 1.82) is 0 Å². The molecule has 1 fully saturated rings. The van der Waals surface area contributed by atoms with Gasteiger partial charge in [0.05, 0.1) is 13.1 Å². The molecule has 1 aliphatic heterocycles. The number of nitrogens with one attached hydrogen (secondary N) is 2. The largest absolute Gasteiger partial charge is 0.355 e. The summed E-state index contributed by atoms with van der Waals surface area (Å²) in [4.78, 5) is 24.7. The predicted molar refractivity (Wildman–Crippen MR) is 74.6 cm³/mol. The molecule has 0 aromatic carbocycles. The Kier molecular flexibility index (Phi) is 7.43. The zero-order valence-corrected chi connectivity index (χ0v) is 11.8. The van der Waals surface area contributed by atoms with Crippen molar-refractivity contribution in [3.63, 3.8) is 0 Å². The summed E-state index contributed by atoms with van der Waals surface area (Å²) in [5.74, 6) is -0.467. The quantitative estimate of drug-likeness (QED) is 0.541. The van der Waals surface area contributed by atoms with Gasteiger partial charge in [-0.1, -0.05) is 6.42 Å². The van der Waals surface area contributed by atoms with Crippen molar-refractivity contribution in [1.82, 2.24) is 15.5 Å². The van der Waals surface area contributed by atoms with E-state index in [1.807, 2.05) is 0 Å². The van der Waals surface area contributed by atoms with Gasteiger partial charge in [-0.15, -0.1) is 0 Å². The van der Waals surface area contributed by atoms with Crippen molar-refractivity contribution in [3.05, 3.63) is 0 Å². The highest BCUT2D eigenvalue weighted by Crippen LogP contribution is 2.15. The molecule has 1 saturated heterocycles. The topological polar surface area (TPSA) is 87.5 Å². The lowest BCUT2D eigenvalue weighted by Gasteiger charge is -2.33. The van der Waals surface area contributed by atoms with Crippen LogP contribution in [0.3, 0.4) is 0 Å². The molecule has 1 heterocycles. The van der Waals surface area contributed by atoms with E-state index in [2.05, 4.69) is 22.5 Å². The van der Waals surface area contributed by atoms with Crippen LogP contribution in [0.2, 0.25) is 0 Å². The van der Waals surface area contributed by atoms with Crippen molar-refractivity contribution in [3.8, 4) is 0 Å². The van der Waals surface area contributed by atoms with Crippen LogP contribution >= 0.6 is 0 Å². The van der Waals surface area contributed by atoms with Crippen LogP contribution < -0.4 is 16.4 Å². The number of piperidine rings is 1. The third-order valence-corrected chi connectivity index (χ3v) is 3.52. The van der Waals surface area contributed by atoms with Crippen molar-refractivity contribution in [2.45, 2.75) is 38.6 Å². The van der Waals surface area contributed by atoms with Crippen molar-refractivity contribution in [2.75, 3.05) is 32.7 Å². The lowest BCUT2D eigenvalue weighted by Crippen LogP contribution is -2.41. The van der Waals surface area contributed by atoms with Gasteiger partial charge in [-0.05, 0) is 32.7 Å². The van der Waals surface area contributed by atoms with Crippen LogP contribution in [0.15, 0.2) is 0 Å². The summed E-state index contributed by atoms with van der Waals surface area (Å²) in [6.45, 7) is 5.04. The Morgan fingerprint density at radius 2 is 2.05 bits per heavy atom. The van der Waals surface area contributed by atoms with Crippen LogP contribution in [0.25, 0.3) is 0 Å². The molecule has 0 aromatic rings. The van der Waals surface area contributed by atoms with E-state index in [1.54, 1.807) is 0 Å². The molecule has 110 valence electrons. The van der Waals surface area contributed by atoms with E-state index in [0.717, 1.165) is 13.0 Å². The average Bonchev–Trinajstić information content (AvgIpc) is 2.42. The van der Waals surface area contributed by atoms with Crippen molar-refractivity contribution in [2.24, 2.45) is 5.73 Å². The fourth-order valence-electron chi connectivity index (χ4n) is 2.31. The molecule has 0 radical (unpaired) electrons. The molecule has 6 nitrogen and oxygen atoms in total. The van der Waals surface area contributed by atoms with Crippen LogP contribution in [0.4, 0.5) is 0 Å². The Labute approximate surface area is 115 Å². The van der Waals surface area contributed by atoms with E-state index in [0.29, 0.717) is 12.6 Å². The molecule has 1 unspecified atom stereocenters. The van der Waals surface area contributed by atoms with Gasteiger partial charge in [0.2, 0.25) is 11.8 Å². The zero-order chi connectivity index (χ0) is 14.1. The van der Waals surface area contributed by atoms with Gasteiger partial charge >= 0.3 is 0 Å². The highest BCUT2D eigenvalue weighted by Gasteiger charge is 2.17. The number of likely N-dealkylation sites (tertiary alicyclic amines) is 1. The maximum atomic E-state index is 11.4. The van der Waals surface area contributed by atoms with Crippen molar-refractivity contribution >= 4 is 11.8 Å². The number of amides is 2. The second-order valence-corrected chi connectivity index (χ2v) is 5.07. The van der Waals surface area contributed by atoms with Gasteiger partial charge in [-0.3, -0.25) is 9.59 Å². The molecule has 0 spiro atoms. The molecule has 0 aromatic heterocycles. The minimum atomic E-state index is -0.308. The molecular weight excluding hydrogens is 244 g/mol. The Bertz CT molecular complexity index is 296. The third kappa shape index (κ3) is 6.54. The Morgan fingerprint density at radius 1 is 1.26 bits per heavy atom. The zero-order valence-electron chi connectivity index (χ0n) is 11.8. The highest BCUT2D eigenvalue weighted by atomic mass is 16.2. The molecule has 19 heavy (non-hydrogen) atoms. The van der Waals surface area contributed by atoms with Crippen molar-refractivity contribution < 1.29 is 9.59 Å². The lowest BCUT2D eigenvalue weighted by atomic mass is 10.0. The standard InChI is InChI=1S/C13H26N4O2/c1-11-5-2-3-7-17(11)8-4-6-15-13(19)10-16-12(18)9-14/h11H,2-10,14H2,1H3,(H,15,19)(H,16,18). The summed E-state index contributed by atoms with van der Waals surface area (Å²) in [6, 6.07) is 0.660. The first kappa shape index (κ1) is 15.9. The summed E-state index contributed by atoms with van der Waals surface area (Å²) in [5.41, 5.74) is 5.13. The fraction of sp³-hybridized carbons (Fsp3) is 0.846. The van der Waals surface area contributed by atoms with Crippen LogP contribution in [0, 0.1) is 0 Å². The number of carbonyl (C=O) groups is 2. The van der Waals surface area contributed by atoms with Gasteiger partial charge in [-0.25, -0.2) is 0 Å². The number of nitrogens with two attached hydrogens (primary N) is 1. The summed E-state index contributed by atoms with van der Waals surface area (Å²) in [6.07, 6.45) is 4.83. The predicted octanol–water partition coefficient (Wildman–Crippen LogP) is -0.558. The first-order chi connectivity index (χ1) is 9.13. The normalized spacial score (nSPS) is 20.0. The fourth-order valence-corrected chi connectivity index (χ4v) is 2.31. The van der Waals surface area contributed by atoms with E-state index in [-0.39, 0.29) is 24.9 Å². The molecule has 0 bridgehead atoms. The summed E-state index contributed by atoms with van der Waals surface area (Å²) >= 11 is 0. The Hall–Kier alpha value is -1.14. The van der Waals surface area contributed by atoms with E-state index >= 15 is 0 Å². The number of hydrogen-bond acceptors (Lipinski definition) is 4. The molecule has 1 atom stereocenters. The van der Waals surface area contributed by atoms with Gasteiger partial charge < -0.3 is 21.3 Å². The SMILES string of the molecule is CC1CCCCN1CCCNC(=O)CNC(=O)CN. The van der Waals surface area contributed by atoms with Gasteiger partial charge in [0.1, 0.15) is 0 Å². The lowest BCUT2D eigenvalue weighted by molar-refractivity contribution is -0.125. The maximum Gasteiger partial charge on any atom is 0.239 e. The molecule has 1 aliphatic rings. The van der Waals surface area contributed by atoms with Gasteiger partial charge in [-0.2, -0.15) is 0 Å².